The van der Waals surface area contributed by atoms with Gasteiger partial charge in [-0.25, -0.2) is 13.1 Å². The Morgan fingerprint density at radius 3 is 2.81 bits per heavy atom. The molecule has 0 spiro atoms. The van der Waals surface area contributed by atoms with Crippen molar-refractivity contribution in [3.8, 4) is 0 Å². The fraction of sp³-hybridized carbons (Fsp3) is 0.615. The maximum absolute atomic E-state index is 12.3. The second kappa shape index (κ2) is 7.17. The molecule has 0 amide bonds. The molecule has 0 aliphatic carbocycles. The summed E-state index contributed by atoms with van der Waals surface area (Å²) in [7, 11) is -1.47. The highest BCUT2D eigenvalue weighted by Crippen LogP contribution is 2.20. The Bertz CT molecular complexity index is 555. The number of nitrogens with zero attached hydrogens (tertiary/aromatic N) is 2. The largest absolute Gasteiger partial charge is 0.323 e. The first-order chi connectivity index (χ1) is 10.0. The lowest BCUT2D eigenvalue weighted by Gasteiger charge is -2.28. The van der Waals surface area contributed by atoms with Gasteiger partial charge in [0.15, 0.2) is 0 Å². The van der Waals surface area contributed by atoms with Crippen molar-refractivity contribution in [1.82, 2.24) is 14.6 Å². The summed E-state index contributed by atoms with van der Waals surface area (Å²) in [6.07, 6.45) is 5.90. The Balaban J connectivity index is 1.89. The number of aromatic nitrogens is 1. The summed E-state index contributed by atoms with van der Waals surface area (Å²) in [5, 5.41) is 0. The molecule has 4 N–H and O–H groups in total. The molecule has 1 saturated heterocycles. The number of hydrogen-bond donors (Lipinski definition) is 3. The lowest BCUT2D eigenvalue weighted by molar-refractivity contribution is 0.213. The molecule has 21 heavy (non-hydrogen) atoms. The molecule has 7 nitrogen and oxygen atoms in total. The van der Waals surface area contributed by atoms with Gasteiger partial charge in [0.05, 0.1) is 5.69 Å². The van der Waals surface area contributed by atoms with E-state index in [1.165, 1.54) is 18.5 Å². The highest BCUT2D eigenvalue weighted by molar-refractivity contribution is 7.89. The topological polar surface area (TPSA) is 100 Å². The van der Waals surface area contributed by atoms with Crippen LogP contribution in [-0.4, -0.2) is 45.0 Å². The lowest BCUT2D eigenvalue weighted by Crippen LogP contribution is -2.33. The predicted octanol–water partition coefficient (Wildman–Crippen LogP) is 0.377. The molecule has 1 fully saturated rings. The number of hydrazine groups is 1. The van der Waals surface area contributed by atoms with Gasteiger partial charge in [0.2, 0.25) is 10.0 Å². The van der Waals surface area contributed by atoms with Crippen molar-refractivity contribution in [2.24, 2.45) is 11.8 Å². The van der Waals surface area contributed by atoms with Gasteiger partial charge < -0.3 is 10.3 Å². The lowest BCUT2D eigenvalue weighted by atomic mass is 9.94. The van der Waals surface area contributed by atoms with Crippen LogP contribution in [0.5, 0.6) is 0 Å². The van der Waals surface area contributed by atoms with Gasteiger partial charge in [-0.2, -0.15) is 0 Å². The normalized spacial score (nSPS) is 17.8. The number of anilines is 1. The molecule has 1 aliphatic heterocycles. The standard InChI is InChI=1S/C13H23N5O2S/c1-18-8-4-11(5-9-18)2-7-16-21(19,20)13-10-15-6-3-12(13)17-14/h3,6,10-11,16H,2,4-5,7-9,14H2,1H3,(H,15,17). The average molecular weight is 313 g/mol. The minimum Gasteiger partial charge on any atom is -0.323 e. The Labute approximate surface area is 125 Å². The number of piperidine rings is 1. The maximum Gasteiger partial charge on any atom is 0.244 e. The van der Waals surface area contributed by atoms with Gasteiger partial charge in [-0.1, -0.05) is 0 Å². The van der Waals surface area contributed by atoms with Crippen molar-refractivity contribution in [3.05, 3.63) is 18.5 Å². The molecular formula is C13H23N5O2S. The Morgan fingerprint density at radius 2 is 2.14 bits per heavy atom. The van der Waals surface area contributed by atoms with Crippen LogP contribution in [0, 0.1) is 5.92 Å². The highest BCUT2D eigenvalue weighted by atomic mass is 32.2. The van der Waals surface area contributed by atoms with E-state index in [0.717, 1.165) is 32.4 Å². The number of nitrogens with two attached hydrogens (primary N) is 1. The number of likely N-dealkylation sites (tertiary alicyclic amines) is 1. The Kier molecular flexibility index (Phi) is 5.51. The van der Waals surface area contributed by atoms with Crippen molar-refractivity contribution >= 4 is 15.7 Å². The van der Waals surface area contributed by atoms with Crippen LogP contribution in [0.4, 0.5) is 5.69 Å². The molecule has 0 saturated carbocycles. The highest BCUT2D eigenvalue weighted by Gasteiger charge is 2.20. The van der Waals surface area contributed by atoms with Gasteiger partial charge in [0, 0.05) is 18.9 Å². The number of hydrogen-bond acceptors (Lipinski definition) is 6. The second-order valence-corrected chi connectivity index (χ2v) is 7.18. The zero-order valence-electron chi connectivity index (χ0n) is 12.2. The van der Waals surface area contributed by atoms with Gasteiger partial charge >= 0.3 is 0 Å². The van der Waals surface area contributed by atoms with E-state index < -0.39 is 10.0 Å². The first-order valence-electron chi connectivity index (χ1n) is 7.12. The first-order valence-corrected chi connectivity index (χ1v) is 8.60. The molecule has 8 heteroatoms. The van der Waals surface area contributed by atoms with Crippen LogP contribution in [0.2, 0.25) is 0 Å². The molecule has 0 atom stereocenters. The average Bonchev–Trinajstić information content (AvgIpc) is 2.49. The third-order valence-corrected chi connectivity index (χ3v) is 5.40. The van der Waals surface area contributed by atoms with Gasteiger partial charge in [0.25, 0.3) is 0 Å². The first kappa shape index (κ1) is 16.2. The molecule has 0 aromatic carbocycles. The number of nitrogens with one attached hydrogen (secondary N) is 2. The van der Waals surface area contributed by atoms with Gasteiger partial charge in [0.1, 0.15) is 4.90 Å². The van der Waals surface area contributed by atoms with Gasteiger partial charge in [-0.05, 0) is 51.4 Å². The van der Waals surface area contributed by atoms with Crippen molar-refractivity contribution < 1.29 is 8.42 Å². The van der Waals surface area contributed by atoms with Crippen LogP contribution in [0.3, 0.4) is 0 Å². The summed E-state index contributed by atoms with van der Waals surface area (Å²) in [6.45, 7) is 2.61. The molecule has 0 unspecified atom stereocenters. The van der Waals surface area contributed by atoms with Crippen molar-refractivity contribution in [1.29, 1.82) is 0 Å². The van der Waals surface area contributed by atoms with Crippen LogP contribution >= 0.6 is 0 Å². The summed E-state index contributed by atoms with van der Waals surface area (Å²) in [6, 6.07) is 1.53. The van der Waals surface area contributed by atoms with Crippen molar-refractivity contribution in [2.45, 2.75) is 24.2 Å². The fourth-order valence-corrected chi connectivity index (χ4v) is 3.70. The van der Waals surface area contributed by atoms with E-state index >= 15 is 0 Å². The van der Waals surface area contributed by atoms with E-state index in [1.807, 2.05) is 0 Å². The van der Waals surface area contributed by atoms with E-state index in [2.05, 4.69) is 27.1 Å². The SMILES string of the molecule is CN1CCC(CCNS(=O)(=O)c2cnccc2NN)CC1. The fourth-order valence-electron chi connectivity index (χ4n) is 2.54. The minimum atomic E-state index is -3.58. The number of pyridine rings is 1. The molecule has 118 valence electrons. The van der Waals surface area contributed by atoms with Crippen LogP contribution in [0.1, 0.15) is 19.3 Å². The molecule has 0 radical (unpaired) electrons. The predicted molar refractivity (Wildman–Crippen MR) is 82.1 cm³/mol. The number of rotatable bonds is 6. The zero-order chi connectivity index (χ0) is 15.3. The Hall–Kier alpha value is -1.22. The smallest absolute Gasteiger partial charge is 0.244 e. The molecule has 0 bridgehead atoms. The van der Waals surface area contributed by atoms with E-state index in [9.17, 15) is 8.42 Å². The summed E-state index contributed by atoms with van der Waals surface area (Å²) >= 11 is 0. The number of sulfonamides is 1. The summed E-state index contributed by atoms with van der Waals surface area (Å²) < 4.78 is 27.1. The summed E-state index contributed by atoms with van der Waals surface area (Å²) in [5.41, 5.74) is 2.73. The van der Waals surface area contributed by atoms with Crippen LogP contribution in [0.25, 0.3) is 0 Å². The monoisotopic (exact) mass is 313 g/mol. The van der Waals surface area contributed by atoms with Crippen LogP contribution in [0.15, 0.2) is 23.4 Å². The van der Waals surface area contributed by atoms with E-state index in [1.54, 1.807) is 0 Å². The molecular weight excluding hydrogens is 290 g/mol. The van der Waals surface area contributed by atoms with E-state index in [4.69, 9.17) is 5.84 Å². The van der Waals surface area contributed by atoms with Crippen LogP contribution < -0.4 is 16.0 Å². The molecule has 1 aromatic rings. The van der Waals surface area contributed by atoms with E-state index in [0.29, 0.717) is 18.2 Å². The Morgan fingerprint density at radius 1 is 1.43 bits per heavy atom. The zero-order valence-corrected chi connectivity index (χ0v) is 13.1. The summed E-state index contributed by atoms with van der Waals surface area (Å²) in [5.74, 6) is 5.92. The van der Waals surface area contributed by atoms with Crippen molar-refractivity contribution in [3.63, 3.8) is 0 Å². The molecule has 1 aromatic heterocycles. The third kappa shape index (κ3) is 4.37. The van der Waals surface area contributed by atoms with Crippen molar-refractivity contribution in [2.75, 3.05) is 32.1 Å². The maximum atomic E-state index is 12.3. The quantitative estimate of drug-likeness (QED) is 0.518. The number of nitrogen functional groups attached to an aromatic ring is 1. The minimum absolute atomic E-state index is 0.0795. The summed E-state index contributed by atoms with van der Waals surface area (Å²) in [4.78, 5) is 6.23. The molecule has 2 heterocycles. The van der Waals surface area contributed by atoms with Gasteiger partial charge in [-0.15, -0.1) is 0 Å². The molecule has 2 rings (SSSR count). The third-order valence-electron chi connectivity index (χ3n) is 3.91. The molecule has 1 aliphatic rings. The van der Waals surface area contributed by atoms with Gasteiger partial charge in [-0.3, -0.25) is 10.8 Å². The van der Waals surface area contributed by atoms with Crippen LogP contribution in [-0.2, 0) is 10.0 Å². The van der Waals surface area contributed by atoms with E-state index in [-0.39, 0.29) is 4.90 Å². The second-order valence-electron chi connectivity index (χ2n) is 5.45.